The number of ether oxygens (including phenoxy) is 1. The molecule has 5 nitrogen and oxygen atoms in total. The number of hydrogen-bond donors (Lipinski definition) is 0. The van der Waals surface area contributed by atoms with Crippen LogP contribution < -0.4 is 0 Å². The van der Waals surface area contributed by atoms with Crippen molar-refractivity contribution in [2.45, 2.75) is 33.1 Å². The van der Waals surface area contributed by atoms with Gasteiger partial charge in [0.05, 0.1) is 5.57 Å². The van der Waals surface area contributed by atoms with Crippen LogP contribution in [-0.4, -0.2) is 49.7 Å². The molecule has 0 radical (unpaired) electrons. The van der Waals surface area contributed by atoms with Crippen molar-refractivity contribution in [2.24, 2.45) is 0 Å². The van der Waals surface area contributed by atoms with Gasteiger partial charge in [0.25, 0.3) is 0 Å². The molecule has 0 aromatic heterocycles. The molecular formula is C19H28N2O3. The molecule has 0 fully saturated rings. The van der Waals surface area contributed by atoms with E-state index in [2.05, 4.69) is 0 Å². The molecule has 132 valence electrons. The first kappa shape index (κ1) is 19.7. The summed E-state index contributed by atoms with van der Waals surface area (Å²) in [6.07, 6.45) is 9.30. The first-order valence-electron chi connectivity index (χ1n) is 8.16. The van der Waals surface area contributed by atoms with Crippen LogP contribution in [0, 0.1) is 0 Å². The normalized spacial score (nSPS) is 16.7. The molecule has 1 rings (SSSR count). The van der Waals surface area contributed by atoms with Crippen LogP contribution >= 0.6 is 0 Å². The molecule has 0 heterocycles. The van der Waals surface area contributed by atoms with Crippen LogP contribution in [-0.2, 0) is 14.3 Å². The Morgan fingerprint density at radius 1 is 1.21 bits per heavy atom. The van der Waals surface area contributed by atoms with E-state index < -0.39 is 0 Å². The minimum absolute atomic E-state index is 0.122. The predicted octanol–water partition coefficient (Wildman–Crippen LogP) is 3.02. The van der Waals surface area contributed by atoms with Crippen LogP contribution in [0.25, 0.3) is 0 Å². The lowest BCUT2D eigenvalue weighted by Gasteiger charge is -2.24. The number of likely N-dealkylation sites (N-methyl/N-ethyl adjacent to an activating group) is 1. The van der Waals surface area contributed by atoms with Gasteiger partial charge in [-0.05, 0) is 19.8 Å². The minimum Gasteiger partial charge on any atom is -0.426 e. The highest BCUT2D eigenvalue weighted by molar-refractivity contribution is 6.12. The van der Waals surface area contributed by atoms with E-state index >= 15 is 0 Å². The van der Waals surface area contributed by atoms with Gasteiger partial charge < -0.3 is 14.5 Å². The summed E-state index contributed by atoms with van der Waals surface area (Å²) in [5.74, 6) is -0.145. The summed E-state index contributed by atoms with van der Waals surface area (Å²) in [4.78, 5) is 28.4. The van der Waals surface area contributed by atoms with Gasteiger partial charge in [-0.3, -0.25) is 9.59 Å². The molecule has 0 spiro atoms. The van der Waals surface area contributed by atoms with Crippen LogP contribution in [0.3, 0.4) is 0 Å². The first-order chi connectivity index (χ1) is 11.3. The number of Topliss-reactive ketones (excluding diaryl/α,β-unsaturated/α-hetero) is 1. The smallest absolute Gasteiger partial charge is 0.311 e. The van der Waals surface area contributed by atoms with Gasteiger partial charge in [-0.2, -0.15) is 0 Å². The molecule has 0 atom stereocenters. The van der Waals surface area contributed by atoms with Gasteiger partial charge in [0.1, 0.15) is 5.76 Å². The van der Waals surface area contributed by atoms with E-state index in [1.807, 2.05) is 52.2 Å². The molecule has 0 bridgehead atoms. The molecule has 0 unspecified atom stereocenters. The van der Waals surface area contributed by atoms with E-state index in [1.54, 1.807) is 24.1 Å². The molecule has 0 saturated carbocycles. The van der Waals surface area contributed by atoms with Crippen molar-refractivity contribution >= 4 is 11.8 Å². The van der Waals surface area contributed by atoms with E-state index in [0.717, 1.165) is 12.1 Å². The van der Waals surface area contributed by atoms with Crippen molar-refractivity contribution in [1.29, 1.82) is 0 Å². The van der Waals surface area contributed by atoms with Gasteiger partial charge in [-0.15, -0.1) is 0 Å². The van der Waals surface area contributed by atoms with Gasteiger partial charge in [0.2, 0.25) is 0 Å². The van der Waals surface area contributed by atoms with Crippen LogP contribution in [0.1, 0.15) is 33.1 Å². The summed E-state index contributed by atoms with van der Waals surface area (Å²) in [5, 5.41) is 0. The highest BCUT2D eigenvalue weighted by Crippen LogP contribution is 2.28. The number of nitrogens with zero attached hydrogens (tertiary/aromatic N) is 2. The molecule has 0 aliphatic heterocycles. The summed E-state index contributed by atoms with van der Waals surface area (Å²) in [6.45, 7) is 3.83. The van der Waals surface area contributed by atoms with E-state index in [4.69, 9.17) is 4.74 Å². The largest absolute Gasteiger partial charge is 0.426 e. The van der Waals surface area contributed by atoms with Crippen molar-refractivity contribution in [3.05, 3.63) is 47.0 Å². The van der Waals surface area contributed by atoms with Crippen LogP contribution in [0.15, 0.2) is 47.0 Å². The second-order valence-corrected chi connectivity index (χ2v) is 6.14. The molecule has 0 saturated heterocycles. The second kappa shape index (κ2) is 9.11. The van der Waals surface area contributed by atoms with Crippen LogP contribution in [0.4, 0.5) is 0 Å². The van der Waals surface area contributed by atoms with Crippen molar-refractivity contribution in [1.82, 2.24) is 9.80 Å². The fourth-order valence-corrected chi connectivity index (χ4v) is 2.33. The predicted molar refractivity (Wildman–Crippen MR) is 96.0 cm³/mol. The molecule has 0 aromatic carbocycles. The Bertz CT molecular complexity index is 608. The van der Waals surface area contributed by atoms with E-state index in [9.17, 15) is 9.59 Å². The number of rotatable bonds is 7. The Morgan fingerprint density at radius 3 is 2.42 bits per heavy atom. The fraction of sp³-hybridized carbons (Fsp3) is 0.474. The summed E-state index contributed by atoms with van der Waals surface area (Å²) >= 11 is 0. The van der Waals surface area contributed by atoms with Gasteiger partial charge in [-0.25, -0.2) is 0 Å². The maximum absolute atomic E-state index is 12.6. The summed E-state index contributed by atoms with van der Waals surface area (Å²) in [7, 11) is 7.38. The van der Waals surface area contributed by atoms with Crippen LogP contribution in [0.2, 0.25) is 0 Å². The van der Waals surface area contributed by atoms with Crippen LogP contribution in [0.5, 0.6) is 0 Å². The summed E-state index contributed by atoms with van der Waals surface area (Å²) in [6, 6.07) is 0. The van der Waals surface area contributed by atoms with Gasteiger partial charge in [0, 0.05) is 58.2 Å². The molecule has 0 N–H and O–H groups in total. The highest BCUT2D eigenvalue weighted by Gasteiger charge is 2.27. The molecular weight excluding hydrogens is 304 g/mol. The third-order valence-electron chi connectivity index (χ3n) is 3.51. The Hall–Kier alpha value is -2.30. The minimum atomic E-state index is -0.336. The lowest BCUT2D eigenvalue weighted by Crippen LogP contribution is -2.24. The average molecular weight is 332 g/mol. The molecule has 1 aliphatic rings. The Morgan fingerprint density at radius 2 is 1.88 bits per heavy atom. The van der Waals surface area contributed by atoms with Crippen molar-refractivity contribution < 1.29 is 14.3 Å². The Balaban J connectivity index is 3.04. The zero-order valence-corrected chi connectivity index (χ0v) is 15.5. The Labute approximate surface area is 145 Å². The summed E-state index contributed by atoms with van der Waals surface area (Å²) in [5.41, 5.74) is 1.80. The first-order valence-corrected chi connectivity index (χ1v) is 8.16. The fourth-order valence-electron chi connectivity index (χ4n) is 2.33. The third-order valence-corrected chi connectivity index (χ3v) is 3.51. The van der Waals surface area contributed by atoms with Gasteiger partial charge in [0.15, 0.2) is 5.78 Å². The average Bonchev–Trinajstić information content (AvgIpc) is 2.50. The number of allylic oxidation sites excluding steroid dienone is 5. The number of ketones is 1. The lowest BCUT2D eigenvalue weighted by atomic mass is 9.95. The quantitative estimate of drug-likeness (QED) is 0.407. The van der Waals surface area contributed by atoms with Gasteiger partial charge >= 0.3 is 5.97 Å². The van der Waals surface area contributed by atoms with Crippen molar-refractivity contribution in [2.75, 3.05) is 28.2 Å². The SMILES string of the molecule is CCC=CCCC(=O)OC1=CC(N(C)C)=C(C)C(=O)C1=CN(C)C. The topological polar surface area (TPSA) is 49.9 Å². The summed E-state index contributed by atoms with van der Waals surface area (Å²) < 4.78 is 5.50. The standard InChI is InChI=1S/C19H28N2O3/c1-7-8-9-10-11-18(22)24-17-12-16(21(5)6)14(2)19(23)15(17)13-20(3)4/h8-9,12-13H,7,10-11H2,1-6H3. The van der Waals surface area contributed by atoms with E-state index in [0.29, 0.717) is 23.3 Å². The molecule has 5 heteroatoms. The number of carbonyl (C=O) groups is 2. The van der Waals surface area contributed by atoms with Crippen molar-refractivity contribution in [3.63, 3.8) is 0 Å². The van der Waals surface area contributed by atoms with Gasteiger partial charge in [-0.1, -0.05) is 19.1 Å². The molecule has 24 heavy (non-hydrogen) atoms. The molecule has 0 amide bonds. The maximum Gasteiger partial charge on any atom is 0.311 e. The maximum atomic E-state index is 12.6. The second-order valence-electron chi connectivity index (χ2n) is 6.14. The highest BCUT2D eigenvalue weighted by atomic mass is 16.5. The molecule has 1 aliphatic carbocycles. The zero-order valence-electron chi connectivity index (χ0n) is 15.5. The molecule has 0 aromatic rings. The van der Waals surface area contributed by atoms with Crippen molar-refractivity contribution in [3.8, 4) is 0 Å². The van der Waals surface area contributed by atoms with E-state index in [-0.39, 0.29) is 18.2 Å². The third kappa shape index (κ3) is 5.41. The Kier molecular flexibility index (Phi) is 7.49. The number of hydrogen-bond acceptors (Lipinski definition) is 5. The zero-order chi connectivity index (χ0) is 18.3. The number of carbonyl (C=O) groups excluding carboxylic acids is 2. The lowest BCUT2D eigenvalue weighted by molar-refractivity contribution is -0.139. The monoisotopic (exact) mass is 332 g/mol. The number of esters is 1. The van der Waals surface area contributed by atoms with E-state index in [1.165, 1.54) is 0 Å².